The SMILES string of the molecule is COC(=O)c1nc2c(s1)C(C)(O)COc1ccc(C#C[C@]3(O)CCN(C)C3=O)cc1-2. The molecule has 30 heavy (non-hydrogen) atoms. The summed E-state index contributed by atoms with van der Waals surface area (Å²) in [6, 6.07) is 5.09. The summed E-state index contributed by atoms with van der Waals surface area (Å²) < 4.78 is 10.5. The molecule has 0 aliphatic carbocycles. The van der Waals surface area contributed by atoms with E-state index in [0.29, 0.717) is 34.0 Å². The molecule has 0 saturated carbocycles. The predicted octanol–water partition coefficient (Wildman–Crippen LogP) is 1.14. The van der Waals surface area contributed by atoms with E-state index in [4.69, 9.17) is 9.47 Å². The number of methoxy groups -OCH3 is 1. The van der Waals surface area contributed by atoms with Crippen LogP contribution in [0.5, 0.6) is 5.75 Å². The maximum absolute atomic E-state index is 12.1. The Morgan fingerprint density at radius 2 is 2.17 bits per heavy atom. The number of aromatic nitrogens is 1. The Bertz CT molecular complexity index is 1110. The van der Waals surface area contributed by atoms with Gasteiger partial charge >= 0.3 is 5.97 Å². The minimum Gasteiger partial charge on any atom is -0.489 e. The Hall–Kier alpha value is -2.93. The molecule has 1 unspecified atom stereocenters. The van der Waals surface area contributed by atoms with Crippen molar-refractivity contribution in [3.63, 3.8) is 0 Å². The first-order valence-corrected chi connectivity index (χ1v) is 10.1. The summed E-state index contributed by atoms with van der Waals surface area (Å²) in [5.41, 5.74) is -1.54. The van der Waals surface area contributed by atoms with E-state index < -0.39 is 23.1 Å². The van der Waals surface area contributed by atoms with Gasteiger partial charge in [-0.1, -0.05) is 11.8 Å². The van der Waals surface area contributed by atoms with Gasteiger partial charge in [0.05, 0.1) is 17.7 Å². The largest absolute Gasteiger partial charge is 0.489 e. The standard InChI is InChI=1S/C21H20N2O6S/c1-20(26)11-29-14-5-4-12(6-7-21(27)8-9-23(2)19(21)25)10-13(14)15-16(20)30-17(22-15)18(24)28-3/h4-5,10,26-27H,8-9,11H2,1-3H3/t20?,21-/m0/s1. The van der Waals surface area contributed by atoms with Gasteiger partial charge in [-0.05, 0) is 25.1 Å². The van der Waals surface area contributed by atoms with Crippen LogP contribution in [0.25, 0.3) is 11.3 Å². The fraction of sp³-hybridized carbons (Fsp3) is 0.381. The fourth-order valence-electron chi connectivity index (χ4n) is 3.39. The van der Waals surface area contributed by atoms with Crippen molar-refractivity contribution >= 4 is 23.2 Å². The van der Waals surface area contributed by atoms with Crippen molar-refractivity contribution in [2.75, 3.05) is 27.3 Å². The van der Waals surface area contributed by atoms with Crippen LogP contribution in [0.1, 0.15) is 33.6 Å². The summed E-state index contributed by atoms with van der Waals surface area (Å²) >= 11 is 1.05. The molecule has 8 nitrogen and oxygen atoms in total. The van der Waals surface area contributed by atoms with Crippen LogP contribution >= 0.6 is 11.3 Å². The second-order valence-electron chi connectivity index (χ2n) is 7.55. The van der Waals surface area contributed by atoms with E-state index in [1.54, 1.807) is 32.2 Å². The lowest BCUT2D eigenvalue weighted by Gasteiger charge is -2.19. The number of hydrogen-bond donors (Lipinski definition) is 2. The summed E-state index contributed by atoms with van der Waals surface area (Å²) in [7, 11) is 2.89. The molecule has 0 bridgehead atoms. The first kappa shape index (κ1) is 20.3. The number of aliphatic hydroxyl groups is 2. The molecule has 2 aliphatic heterocycles. The van der Waals surface area contributed by atoms with Crippen LogP contribution in [0, 0.1) is 11.8 Å². The molecule has 2 N–H and O–H groups in total. The Kier molecular flexibility index (Phi) is 4.81. The Morgan fingerprint density at radius 3 is 2.83 bits per heavy atom. The third-order valence-corrected chi connectivity index (χ3v) is 6.43. The quantitative estimate of drug-likeness (QED) is 0.518. The van der Waals surface area contributed by atoms with Crippen LogP contribution in [0.15, 0.2) is 18.2 Å². The summed E-state index contributed by atoms with van der Waals surface area (Å²) in [4.78, 5) is 30.4. The third kappa shape index (κ3) is 3.33. The van der Waals surface area contributed by atoms with Crippen molar-refractivity contribution in [1.82, 2.24) is 9.88 Å². The molecule has 4 rings (SSSR count). The molecular weight excluding hydrogens is 408 g/mol. The van der Waals surface area contributed by atoms with Crippen molar-refractivity contribution in [2.45, 2.75) is 24.5 Å². The number of hydrogen-bond acceptors (Lipinski definition) is 8. The molecule has 1 amide bonds. The van der Waals surface area contributed by atoms with Crippen LogP contribution in [0.4, 0.5) is 0 Å². The zero-order valence-corrected chi connectivity index (χ0v) is 17.5. The number of rotatable bonds is 1. The number of amides is 1. The van der Waals surface area contributed by atoms with Gasteiger partial charge in [0.2, 0.25) is 10.6 Å². The third-order valence-electron chi connectivity index (χ3n) is 5.14. The van der Waals surface area contributed by atoms with Crippen molar-refractivity contribution in [3.05, 3.63) is 33.6 Å². The van der Waals surface area contributed by atoms with Gasteiger partial charge in [-0.3, -0.25) is 4.79 Å². The van der Waals surface area contributed by atoms with E-state index in [1.807, 2.05) is 0 Å². The normalized spacial score (nSPS) is 24.8. The summed E-state index contributed by atoms with van der Waals surface area (Å²) in [5.74, 6) is 5.01. The molecule has 2 aliphatic rings. The number of esters is 1. The topological polar surface area (TPSA) is 109 Å². The summed E-state index contributed by atoms with van der Waals surface area (Å²) in [6.07, 6.45) is 0.241. The molecular formula is C21H20N2O6S. The molecule has 2 aromatic rings. The van der Waals surface area contributed by atoms with E-state index >= 15 is 0 Å². The number of nitrogens with zero attached hydrogens (tertiary/aromatic N) is 2. The Labute approximate surface area is 177 Å². The number of likely N-dealkylation sites (tertiary alicyclic amines) is 1. The van der Waals surface area contributed by atoms with E-state index in [0.717, 1.165) is 11.3 Å². The zero-order valence-electron chi connectivity index (χ0n) is 16.7. The van der Waals surface area contributed by atoms with E-state index in [-0.39, 0.29) is 18.0 Å². The number of thiazole rings is 1. The van der Waals surface area contributed by atoms with Gasteiger partial charge in [0.15, 0.2) is 0 Å². The van der Waals surface area contributed by atoms with Gasteiger partial charge in [-0.15, -0.1) is 11.3 Å². The lowest BCUT2D eigenvalue weighted by Crippen LogP contribution is -2.37. The van der Waals surface area contributed by atoms with Gasteiger partial charge < -0.3 is 24.6 Å². The summed E-state index contributed by atoms with van der Waals surface area (Å²) in [6.45, 7) is 2.02. The average Bonchev–Trinajstić information content (AvgIpc) is 3.26. The zero-order chi connectivity index (χ0) is 21.7. The Morgan fingerprint density at radius 1 is 1.40 bits per heavy atom. The van der Waals surface area contributed by atoms with Crippen molar-refractivity contribution in [1.29, 1.82) is 0 Å². The second-order valence-corrected chi connectivity index (χ2v) is 8.55. The second kappa shape index (κ2) is 7.09. The molecule has 1 saturated heterocycles. The highest BCUT2D eigenvalue weighted by Gasteiger charge is 2.42. The number of carbonyl (C=O) groups excluding carboxylic acids is 2. The van der Waals surface area contributed by atoms with Crippen LogP contribution in [-0.4, -0.2) is 64.9 Å². The maximum Gasteiger partial charge on any atom is 0.367 e. The first-order valence-electron chi connectivity index (χ1n) is 9.25. The van der Waals surface area contributed by atoms with Gasteiger partial charge in [-0.2, -0.15) is 0 Å². The molecule has 3 heterocycles. The Balaban J connectivity index is 1.79. The lowest BCUT2D eigenvalue weighted by molar-refractivity contribution is -0.137. The molecule has 1 fully saturated rings. The van der Waals surface area contributed by atoms with Crippen molar-refractivity contribution in [3.8, 4) is 28.8 Å². The summed E-state index contributed by atoms with van der Waals surface area (Å²) in [5, 5.41) is 21.5. The number of likely N-dealkylation sites (N-methyl/N-ethyl adjacent to an activating group) is 1. The van der Waals surface area contributed by atoms with Crippen LogP contribution in [0.2, 0.25) is 0 Å². The highest BCUT2D eigenvalue weighted by Crippen LogP contribution is 2.43. The van der Waals surface area contributed by atoms with Crippen LogP contribution < -0.4 is 4.74 Å². The van der Waals surface area contributed by atoms with Gasteiger partial charge in [-0.25, -0.2) is 9.78 Å². The van der Waals surface area contributed by atoms with Gasteiger partial charge in [0, 0.05) is 31.1 Å². The van der Waals surface area contributed by atoms with Gasteiger partial charge in [0.1, 0.15) is 18.0 Å². The van der Waals surface area contributed by atoms with Crippen LogP contribution in [-0.2, 0) is 15.1 Å². The number of fused-ring (bicyclic) bond motifs is 3. The van der Waals surface area contributed by atoms with E-state index in [1.165, 1.54) is 12.0 Å². The monoisotopic (exact) mass is 428 g/mol. The maximum atomic E-state index is 12.1. The molecule has 1 aromatic heterocycles. The van der Waals surface area contributed by atoms with Crippen molar-refractivity contribution < 1.29 is 29.3 Å². The van der Waals surface area contributed by atoms with Crippen molar-refractivity contribution in [2.24, 2.45) is 0 Å². The highest BCUT2D eigenvalue weighted by atomic mass is 32.1. The lowest BCUT2D eigenvalue weighted by atomic mass is 9.99. The van der Waals surface area contributed by atoms with Crippen LogP contribution in [0.3, 0.4) is 0 Å². The molecule has 0 spiro atoms. The smallest absolute Gasteiger partial charge is 0.367 e. The van der Waals surface area contributed by atoms with E-state index in [2.05, 4.69) is 16.8 Å². The molecule has 156 valence electrons. The molecule has 9 heteroatoms. The first-order chi connectivity index (χ1) is 14.1. The minimum absolute atomic E-state index is 0.0125. The highest BCUT2D eigenvalue weighted by molar-refractivity contribution is 7.14. The number of ether oxygens (including phenoxy) is 2. The number of carbonyl (C=O) groups is 2. The fourth-order valence-corrected chi connectivity index (χ4v) is 4.42. The number of benzene rings is 1. The van der Waals surface area contributed by atoms with Gasteiger partial charge in [0.25, 0.3) is 5.91 Å². The molecule has 1 aromatic carbocycles. The van der Waals surface area contributed by atoms with E-state index in [9.17, 15) is 19.8 Å². The average molecular weight is 428 g/mol. The minimum atomic E-state index is -1.70. The molecule has 0 radical (unpaired) electrons. The predicted molar refractivity (Wildman–Crippen MR) is 108 cm³/mol. The molecule has 2 atom stereocenters.